The Morgan fingerprint density at radius 1 is 1.03 bits per heavy atom. The first-order chi connectivity index (χ1) is 16.7. The van der Waals surface area contributed by atoms with Gasteiger partial charge < -0.3 is 9.47 Å². The molecule has 174 valence electrons. The van der Waals surface area contributed by atoms with E-state index in [0.29, 0.717) is 5.82 Å². The maximum absolute atomic E-state index is 5.02. The Balaban J connectivity index is 1.28. The molecule has 1 aliphatic carbocycles. The molecule has 0 amide bonds. The van der Waals surface area contributed by atoms with Crippen molar-refractivity contribution in [2.45, 2.75) is 39.8 Å². The minimum absolute atomic E-state index is 0.608. The van der Waals surface area contributed by atoms with Crippen molar-refractivity contribution in [3.8, 4) is 22.5 Å². The monoisotopic (exact) mass is 454 g/mol. The van der Waals surface area contributed by atoms with Gasteiger partial charge in [0.25, 0.3) is 0 Å². The van der Waals surface area contributed by atoms with Crippen LogP contribution in [0.3, 0.4) is 0 Å². The van der Waals surface area contributed by atoms with Crippen LogP contribution in [0, 0.1) is 12.8 Å². The van der Waals surface area contributed by atoms with Crippen LogP contribution in [-0.4, -0.2) is 54.8 Å². The van der Waals surface area contributed by atoms with E-state index in [-0.39, 0.29) is 0 Å². The molecule has 0 bridgehead atoms. The van der Waals surface area contributed by atoms with E-state index in [1.54, 1.807) is 0 Å². The quantitative estimate of drug-likeness (QED) is 0.453. The highest BCUT2D eigenvalue weighted by Crippen LogP contribution is 2.35. The molecule has 8 nitrogen and oxygen atoms in total. The molecule has 1 N–H and O–H groups in total. The molecule has 3 heterocycles. The van der Waals surface area contributed by atoms with Gasteiger partial charge >= 0.3 is 0 Å². The summed E-state index contributed by atoms with van der Waals surface area (Å²) < 4.78 is 2.40. The number of nitrogens with one attached hydrogen (secondary N) is 1. The maximum atomic E-state index is 5.02. The maximum Gasteiger partial charge on any atom is 0.205 e. The van der Waals surface area contributed by atoms with Crippen LogP contribution in [-0.2, 0) is 13.1 Å². The van der Waals surface area contributed by atoms with Gasteiger partial charge in [-0.3, -0.25) is 4.90 Å². The van der Waals surface area contributed by atoms with E-state index in [4.69, 9.17) is 4.98 Å². The zero-order valence-corrected chi connectivity index (χ0v) is 19.8. The molecule has 0 radical (unpaired) electrons. The van der Waals surface area contributed by atoms with Gasteiger partial charge in [-0.25, -0.2) is 4.98 Å². The first-order valence-corrected chi connectivity index (χ1v) is 12.1. The van der Waals surface area contributed by atoms with Crippen LogP contribution < -0.4 is 4.90 Å². The Bertz CT molecular complexity index is 1270. The molecule has 2 aromatic carbocycles. The third-order valence-electron chi connectivity index (χ3n) is 7.03. The number of H-pyrrole nitrogens is 1. The Labute approximate surface area is 199 Å². The number of hydrogen-bond acceptors (Lipinski definition) is 6. The fourth-order valence-electron chi connectivity index (χ4n) is 4.93. The second-order valence-corrected chi connectivity index (χ2v) is 9.45. The highest BCUT2D eigenvalue weighted by molar-refractivity contribution is 5.80. The first kappa shape index (κ1) is 21.0. The molecule has 4 aromatic rings. The third-order valence-corrected chi connectivity index (χ3v) is 7.03. The highest BCUT2D eigenvalue weighted by atomic mass is 15.5. The summed E-state index contributed by atoms with van der Waals surface area (Å²) >= 11 is 0. The van der Waals surface area contributed by atoms with Crippen LogP contribution in [0.2, 0.25) is 0 Å². The second-order valence-electron chi connectivity index (χ2n) is 9.45. The van der Waals surface area contributed by atoms with Crippen molar-refractivity contribution in [3.63, 3.8) is 0 Å². The molecular weight excluding hydrogens is 424 g/mol. The van der Waals surface area contributed by atoms with Gasteiger partial charge in [0.1, 0.15) is 5.82 Å². The van der Waals surface area contributed by atoms with E-state index >= 15 is 0 Å². The summed E-state index contributed by atoms with van der Waals surface area (Å²) in [4.78, 5) is 10.0. The fraction of sp³-hybridized carbons (Fsp3) is 0.385. The van der Waals surface area contributed by atoms with E-state index < -0.39 is 0 Å². The van der Waals surface area contributed by atoms with E-state index in [9.17, 15) is 0 Å². The first-order valence-electron chi connectivity index (χ1n) is 12.1. The normalized spacial score (nSPS) is 16.1. The topological polar surface area (TPSA) is 78.8 Å². The number of rotatable bonds is 7. The lowest BCUT2D eigenvalue weighted by Gasteiger charge is -2.36. The molecule has 1 saturated carbocycles. The van der Waals surface area contributed by atoms with Crippen molar-refractivity contribution in [3.05, 3.63) is 65.6 Å². The zero-order chi connectivity index (χ0) is 23.1. The van der Waals surface area contributed by atoms with Crippen molar-refractivity contribution in [1.82, 2.24) is 35.1 Å². The number of fused-ring (bicyclic) bond motifs is 1. The number of imidazole rings is 1. The largest absolute Gasteiger partial charge is 0.342 e. The van der Waals surface area contributed by atoms with Gasteiger partial charge in [0.2, 0.25) is 5.82 Å². The minimum Gasteiger partial charge on any atom is -0.342 e. The number of anilines is 1. The summed E-state index contributed by atoms with van der Waals surface area (Å²) in [6, 6.07) is 17.0. The molecule has 2 aromatic heterocycles. The van der Waals surface area contributed by atoms with Gasteiger partial charge in [-0.1, -0.05) is 55.5 Å². The summed E-state index contributed by atoms with van der Waals surface area (Å²) in [6.45, 7) is 9.36. The van der Waals surface area contributed by atoms with Gasteiger partial charge in [0.05, 0.1) is 12.4 Å². The van der Waals surface area contributed by atoms with Crippen LogP contribution >= 0.6 is 0 Å². The molecule has 0 saturated heterocycles. The van der Waals surface area contributed by atoms with Crippen LogP contribution in [0.5, 0.6) is 0 Å². The lowest BCUT2D eigenvalue weighted by molar-refractivity contribution is 0.256. The van der Waals surface area contributed by atoms with Crippen molar-refractivity contribution in [2.24, 2.45) is 5.92 Å². The van der Waals surface area contributed by atoms with Crippen LogP contribution in [0.1, 0.15) is 36.8 Å². The molecule has 1 aliphatic heterocycles. The molecule has 8 heteroatoms. The van der Waals surface area contributed by atoms with Gasteiger partial charge in [-0.05, 0) is 54.1 Å². The van der Waals surface area contributed by atoms with Gasteiger partial charge in [0.15, 0.2) is 5.82 Å². The van der Waals surface area contributed by atoms with E-state index in [0.717, 1.165) is 61.3 Å². The van der Waals surface area contributed by atoms with Crippen molar-refractivity contribution >= 4 is 5.82 Å². The molecule has 1 fully saturated rings. The summed E-state index contributed by atoms with van der Waals surface area (Å²) in [5.74, 6) is 3.74. The number of benzene rings is 2. The molecule has 34 heavy (non-hydrogen) atoms. The molecular formula is C26H30N8. The number of aromatic nitrogens is 6. The van der Waals surface area contributed by atoms with Crippen molar-refractivity contribution in [1.29, 1.82) is 0 Å². The number of nitrogens with zero attached hydrogens (tertiary/aromatic N) is 7. The van der Waals surface area contributed by atoms with Gasteiger partial charge in [-0.15, -0.1) is 10.2 Å². The van der Waals surface area contributed by atoms with Crippen LogP contribution in [0.4, 0.5) is 5.82 Å². The summed E-state index contributed by atoms with van der Waals surface area (Å²) in [6.07, 6.45) is 2.72. The Kier molecular flexibility index (Phi) is 5.37. The van der Waals surface area contributed by atoms with E-state index in [1.807, 2.05) is 18.2 Å². The summed E-state index contributed by atoms with van der Waals surface area (Å²) in [5.41, 5.74) is 5.82. The number of tetrazole rings is 1. The Hall–Kier alpha value is -3.52. The second kappa shape index (κ2) is 8.68. The fourth-order valence-corrected chi connectivity index (χ4v) is 4.93. The lowest BCUT2D eigenvalue weighted by Crippen LogP contribution is -2.43. The molecule has 0 atom stereocenters. The predicted molar refractivity (Wildman–Crippen MR) is 132 cm³/mol. The summed E-state index contributed by atoms with van der Waals surface area (Å²) in [7, 11) is 0. The number of aryl methyl sites for hydroxylation is 1. The molecule has 2 aliphatic rings. The predicted octanol–water partition coefficient (Wildman–Crippen LogP) is 4.10. The van der Waals surface area contributed by atoms with E-state index in [1.165, 1.54) is 29.9 Å². The lowest BCUT2D eigenvalue weighted by atomic mass is 9.98. The van der Waals surface area contributed by atoms with Crippen molar-refractivity contribution in [2.75, 3.05) is 24.7 Å². The van der Waals surface area contributed by atoms with Crippen LogP contribution in [0.15, 0.2) is 48.5 Å². The Morgan fingerprint density at radius 2 is 1.82 bits per heavy atom. The smallest absolute Gasteiger partial charge is 0.205 e. The molecule has 0 unspecified atom stereocenters. The van der Waals surface area contributed by atoms with Gasteiger partial charge in [-0.2, -0.15) is 5.21 Å². The highest BCUT2D eigenvalue weighted by Gasteiger charge is 2.32. The minimum atomic E-state index is 0.608. The average molecular weight is 455 g/mol. The Morgan fingerprint density at radius 3 is 2.53 bits per heavy atom. The number of aromatic amines is 1. The van der Waals surface area contributed by atoms with Gasteiger partial charge in [0, 0.05) is 25.2 Å². The van der Waals surface area contributed by atoms with E-state index in [2.05, 4.69) is 79.2 Å². The zero-order valence-electron chi connectivity index (χ0n) is 19.8. The third kappa shape index (κ3) is 3.98. The average Bonchev–Trinajstić information content (AvgIpc) is 3.40. The SMILES string of the molecule is CCN1Cc2c(nc(C)n2Cc2ccc(-c3ccccc3-c3nn[nH]n3)cc2)N(CC2CC2)C1. The van der Waals surface area contributed by atoms with Crippen molar-refractivity contribution < 1.29 is 0 Å². The number of hydrogen-bond donors (Lipinski definition) is 1. The molecule has 6 rings (SSSR count). The van der Waals surface area contributed by atoms with Crippen LogP contribution in [0.25, 0.3) is 22.5 Å². The summed E-state index contributed by atoms with van der Waals surface area (Å²) in [5, 5.41) is 14.6. The molecule has 0 spiro atoms. The standard InChI is InChI=1S/C26H30N8/c1-3-32-16-24-26(33(17-32)14-19-8-9-19)27-18(2)34(24)15-20-10-12-21(13-11-20)22-6-4-5-7-23(22)25-28-30-31-29-25/h4-7,10-13,19H,3,8-9,14-17H2,1-2H3,(H,28,29,30,31).